The molecule has 1 N–H and O–H groups in total. The highest BCUT2D eigenvalue weighted by Gasteiger charge is 2.17. The Morgan fingerprint density at radius 1 is 1.35 bits per heavy atom. The molecule has 0 aliphatic heterocycles. The molecule has 0 bridgehead atoms. The third-order valence-corrected chi connectivity index (χ3v) is 2.55. The molecular weight excluding hydrogens is 221 g/mol. The number of nitrogens with zero attached hydrogens (tertiary/aromatic N) is 3. The first-order valence-corrected chi connectivity index (χ1v) is 5.38. The van der Waals surface area contributed by atoms with Gasteiger partial charge in [0.05, 0.1) is 6.10 Å². The summed E-state index contributed by atoms with van der Waals surface area (Å²) < 4.78 is 15.3. The molecule has 1 unspecified atom stereocenters. The molecule has 0 aliphatic rings. The van der Waals surface area contributed by atoms with Crippen molar-refractivity contribution in [1.29, 1.82) is 0 Å². The van der Waals surface area contributed by atoms with E-state index < -0.39 is 11.9 Å². The zero-order valence-electron chi connectivity index (χ0n) is 9.98. The SMILES string of the molecule is Cc1nc(C)n(-c2c(F)cccc2C(C)O)n1. The van der Waals surface area contributed by atoms with E-state index in [1.54, 1.807) is 32.9 Å². The first-order chi connectivity index (χ1) is 8.00. The second-order valence-electron chi connectivity index (χ2n) is 3.97. The van der Waals surface area contributed by atoms with Gasteiger partial charge in [0.25, 0.3) is 0 Å². The Morgan fingerprint density at radius 3 is 2.59 bits per heavy atom. The molecule has 1 aromatic heterocycles. The van der Waals surface area contributed by atoms with Crippen molar-refractivity contribution < 1.29 is 9.50 Å². The summed E-state index contributed by atoms with van der Waals surface area (Å²) >= 11 is 0. The van der Waals surface area contributed by atoms with Gasteiger partial charge in [-0.05, 0) is 26.8 Å². The summed E-state index contributed by atoms with van der Waals surface area (Å²) in [7, 11) is 0. The number of benzene rings is 1. The lowest BCUT2D eigenvalue weighted by Crippen LogP contribution is -2.08. The van der Waals surface area contributed by atoms with Gasteiger partial charge >= 0.3 is 0 Å². The number of hydrogen-bond acceptors (Lipinski definition) is 3. The topological polar surface area (TPSA) is 50.9 Å². The number of halogens is 1. The third kappa shape index (κ3) is 2.06. The average Bonchev–Trinajstić information content (AvgIpc) is 2.57. The minimum atomic E-state index is -0.760. The Labute approximate surface area is 98.7 Å². The van der Waals surface area contributed by atoms with E-state index in [0.717, 1.165) is 0 Å². The van der Waals surface area contributed by atoms with E-state index in [9.17, 15) is 9.50 Å². The number of rotatable bonds is 2. The first kappa shape index (κ1) is 11.7. The zero-order chi connectivity index (χ0) is 12.6. The van der Waals surface area contributed by atoms with Gasteiger partial charge in [-0.3, -0.25) is 0 Å². The number of aliphatic hydroxyl groups is 1. The lowest BCUT2D eigenvalue weighted by atomic mass is 10.1. The van der Waals surface area contributed by atoms with E-state index in [1.807, 2.05) is 0 Å². The fourth-order valence-electron chi connectivity index (χ4n) is 1.83. The molecule has 1 atom stereocenters. The van der Waals surface area contributed by atoms with Crippen LogP contribution < -0.4 is 0 Å². The zero-order valence-corrected chi connectivity index (χ0v) is 9.98. The number of hydrogen-bond donors (Lipinski definition) is 1. The van der Waals surface area contributed by atoms with E-state index in [2.05, 4.69) is 10.1 Å². The Morgan fingerprint density at radius 2 is 2.06 bits per heavy atom. The van der Waals surface area contributed by atoms with Crippen LogP contribution in [0.1, 0.15) is 30.2 Å². The number of aliphatic hydroxyl groups excluding tert-OH is 1. The smallest absolute Gasteiger partial charge is 0.149 e. The Kier molecular flexibility index (Phi) is 2.93. The quantitative estimate of drug-likeness (QED) is 0.867. The number of para-hydroxylation sites is 1. The van der Waals surface area contributed by atoms with Gasteiger partial charge in [-0.1, -0.05) is 12.1 Å². The van der Waals surface area contributed by atoms with Crippen LogP contribution in [0.4, 0.5) is 4.39 Å². The predicted molar refractivity (Wildman–Crippen MR) is 61.4 cm³/mol. The van der Waals surface area contributed by atoms with Crippen LogP contribution >= 0.6 is 0 Å². The van der Waals surface area contributed by atoms with Crippen LogP contribution in [0.25, 0.3) is 5.69 Å². The van der Waals surface area contributed by atoms with Gasteiger partial charge in [0.1, 0.15) is 23.2 Å². The standard InChI is InChI=1S/C12H14FN3O/c1-7(17)10-5-4-6-11(13)12(10)16-9(3)14-8(2)15-16/h4-7,17H,1-3H3. The van der Waals surface area contributed by atoms with Crippen LogP contribution in [-0.2, 0) is 0 Å². The fraction of sp³-hybridized carbons (Fsp3) is 0.333. The van der Waals surface area contributed by atoms with Crippen molar-refractivity contribution in [2.24, 2.45) is 0 Å². The summed E-state index contributed by atoms with van der Waals surface area (Å²) in [5, 5.41) is 13.8. The molecule has 0 spiro atoms. The lowest BCUT2D eigenvalue weighted by Gasteiger charge is -2.13. The van der Waals surface area contributed by atoms with E-state index >= 15 is 0 Å². The van der Waals surface area contributed by atoms with E-state index in [0.29, 0.717) is 17.2 Å². The van der Waals surface area contributed by atoms with Gasteiger partial charge in [0, 0.05) is 5.56 Å². The minimum Gasteiger partial charge on any atom is -0.389 e. The molecular formula is C12H14FN3O. The van der Waals surface area contributed by atoms with Crippen LogP contribution in [0.15, 0.2) is 18.2 Å². The minimum absolute atomic E-state index is 0.264. The van der Waals surface area contributed by atoms with Crippen LogP contribution in [0, 0.1) is 19.7 Å². The molecule has 0 saturated heterocycles. The highest BCUT2D eigenvalue weighted by molar-refractivity contribution is 5.43. The molecule has 1 heterocycles. The molecule has 5 heteroatoms. The van der Waals surface area contributed by atoms with Crippen molar-refractivity contribution in [3.05, 3.63) is 41.2 Å². The van der Waals surface area contributed by atoms with Gasteiger partial charge in [-0.2, -0.15) is 5.10 Å². The summed E-state index contributed by atoms with van der Waals surface area (Å²) in [6, 6.07) is 4.59. The summed E-state index contributed by atoms with van der Waals surface area (Å²) in [4.78, 5) is 4.13. The normalized spacial score (nSPS) is 12.8. The van der Waals surface area contributed by atoms with Crippen molar-refractivity contribution in [3.8, 4) is 5.69 Å². The average molecular weight is 235 g/mol. The molecule has 0 saturated carbocycles. The molecule has 0 radical (unpaired) electrons. The highest BCUT2D eigenvalue weighted by Crippen LogP contribution is 2.24. The summed E-state index contributed by atoms with van der Waals surface area (Å²) in [5.41, 5.74) is 0.763. The van der Waals surface area contributed by atoms with Crippen molar-refractivity contribution in [2.75, 3.05) is 0 Å². The summed E-state index contributed by atoms with van der Waals surface area (Å²) in [5.74, 6) is 0.744. The molecule has 0 fully saturated rings. The van der Waals surface area contributed by atoms with Crippen LogP contribution in [-0.4, -0.2) is 19.9 Å². The fourth-order valence-corrected chi connectivity index (χ4v) is 1.83. The van der Waals surface area contributed by atoms with Crippen molar-refractivity contribution in [2.45, 2.75) is 26.9 Å². The lowest BCUT2D eigenvalue weighted by molar-refractivity contribution is 0.198. The molecule has 0 amide bonds. The largest absolute Gasteiger partial charge is 0.389 e. The molecule has 17 heavy (non-hydrogen) atoms. The van der Waals surface area contributed by atoms with E-state index in [-0.39, 0.29) is 5.69 Å². The molecule has 2 aromatic rings. The van der Waals surface area contributed by atoms with Crippen LogP contribution in [0.5, 0.6) is 0 Å². The summed E-state index contributed by atoms with van der Waals surface area (Å²) in [6.45, 7) is 5.09. The van der Waals surface area contributed by atoms with Gasteiger partial charge < -0.3 is 5.11 Å². The Bertz CT molecular complexity index is 549. The van der Waals surface area contributed by atoms with E-state index in [4.69, 9.17) is 0 Å². The maximum absolute atomic E-state index is 13.9. The molecule has 2 rings (SSSR count). The van der Waals surface area contributed by atoms with Crippen molar-refractivity contribution in [1.82, 2.24) is 14.8 Å². The first-order valence-electron chi connectivity index (χ1n) is 5.38. The number of aryl methyl sites for hydroxylation is 2. The molecule has 1 aromatic carbocycles. The molecule has 4 nitrogen and oxygen atoms in total. The van der Waals surface area contributed by atoms with Gasteiger partial charge in [0.15, 0.2) is 0 Å². The van der Waals surface area contributed by atoms with Crippen molar-refractivity contribution >= 4 is 0 Å². The highest BCUT2D eigenvalue weighted by atomic mass is 19.1. The monoisotopic (exact) mass is 235 g/mol. The van der Waals surface area contributed by atoms with E-state index in [1.165, 1.54) is 10.7 Å². The van der Waals surface area contributed by atoms with Crippen LogP contribution in [0.3, 0.4) is 0 Å². The maximum atomic E-state index is 13.9. The second kappa shape index (κ2) is 4.25. The maximum Gasteiger partial charge on any atom is 0.149 e. The van der Waals surface area contributed by atoms with Gasteiger partial charge in [0.2, 0.25) is 0 Å². The van der Waals surface area contributed by atoms with Gasteiger partial charge in [-0.15, -0.1) is 0 Å². The summed E-state index contributed by atoms with van der Waals surface area (Å²) in [6.07, 6.45) is -0.760. The van der Waals surface area contributed by atoms with Crippen LogP contribution in [0.2, 0.25) is 0 Å². The number of aromatic nitrogens is 3. The Balaban J connectivity index is 2.69. The predicted octanol–water partition coefficient (Wildman–Crippen LogP) is 2.08. The van der Waals surface area contributed by atoms with Gasteiger partial charge in [-0.25, -0.2) is 14.1 Å². The third-order valence-electron chi connectivity index (χ3n) is 2.55. The molecule has 90 valence electrons. The molecule has 0 aliphatic carbocycles. The van der Waals surface area contributed by atoms with Crippen molar-refractivity contribution in [3.63, 3.8) is 0 Å². The second-order valence-corrected chi connectivity index (χ2v) is 3.97. The Hall–Kier alpha value is -1.75.